The fraction of sp³-hybridized carbons (Fsp3) is 0.455. The highest BCUT2D eigenvalue weighted by Gasteiger charge is 2.32. The van der Waals surface area contributed by atoms with Gasteiger partial charge in [-0.25, -0.2) is 0 Å². The second kappa shape index (κ2) is 5.42. The third-order valence-corrected chi connectivity index (χ3v) is 3.97. The molecular weight excluding hydrogens is 295 g/mol. The van der Waals surface area contributed by atoms with E-state index in [-0.39, 0.29) is 25.4 Å². The van der Waals surface area contributed by atoms with E-state index in [0.29, 0.717) is 10.7 Å². The topological polar surface area (TPSA) is 67.3 Å². The van der Waals surface area contributed by atoms with Gasteiger partial charge in [0.2, 0.25) is 5.91 Å². The summed E-state index contributed by atoms with van der Waals surface area (Å²) in [6, 6.07) is 3.25. The second-order valence-electron chi connectivity index (χ2n) is 4.52. The molecule has 0 aromatic carbocycles. The van der Waals surface area contributed by atoms with Gasteiger partial charge in [0.25, 0.3) is 0 Å². The van der Waals surface area contributed by atoms with Gasteiger partial charge in [0.1, 0.15) is 0 Å². The van der Waals surface area contributed by atoms with Crippen LogP contribution < -0.4 is 0 Å². The van der Waals surface area contributed by atoms with Crippen LogP contribution in [0.2, 0.25) is 5.02 Å². The number of pyridine rings is 1. The number of rotatable bonds is 4. The quantitative estimate of drug-likeness (QED) is 0.788. The number of aromatic nitrogens is 1. The lowest BCUT2D eigenvalue weighted by molar-refractivity contribution is -0.128. The van der Waals surface area contributed by atoms with Crippen LogP contribution in [-0.2, 0) is 21.6 Å². The van der Waals surface area contributed by atoms with E-state index in [4.69, 9.17) is 11.6 Å². The van der Waals surface area contributed by atoms with E-state index >= 15 is 0 Å². The molecule has 5 nitrogen and oxygen atoms in total. The molecule has 1 amide bonds. The summed E-state index contributed by atoms with van der Waals surface area (Å²) in [6.07, 6.45) is 1.57. The second-order valence-corrected chi connectivity index (χ2v) is 6.36. The molecule has 2 heterocycles. The number of nitrogens with zero attached hydrogens (tertiary/aromatic N) is 2. The van der Waals surface area contributed by atoms with Crippen LogP contribution in [0.25, 0.3) is 0 Å². The predicted molar refractivity (Wildman–Crippen MR) is 67.7 cm³/mol. The number of likely N-dealkylation sites (tertiary alicyclic amines) is 1. The molecule has 1 unspecified atom stereocenters. The van der Waals surface area contributed by atoms with Gasteiger partial charge >= 0.3 is 10.2 Å². The van der Waals surface area contributed by atoms with Crippen molar-refractivity contribution in [2.24, 2.45) is 5.92 Å². The first-order valence-corrected chi connectivity index (χ1v) is 7.57. The minimum absolute atomic E-state index is 0.0454. The molecule has 2 rings (SSSR count). The summed E-state index contributed by atoms with van der Waals surface area (Å²) in [6.45, 7) is 0.471. The van der Waals surface area contributed by atoms with E-state index in [1.807, 2.05) is 0 Å². The Bertz CT molecular complexity index is 593. The van der Waals surface area contributed by atoms with Crippen molar-refractivity contribution in [3.63, 3.8) is 0 Å². The van der Waals surface area contributed by atoms with E-state index in [0.717, 1.165) is 0 Å². The Hall–Kier alpha value is -1.21. The van der Waals surface area contributed by atoms with E-state index in [1.165, 1.54) is 11.1 Å². The Kier molecular flexibility index (Phi) is 4.05. The van der Waals surface area contributed by atoms with Gasteiger partial charge in [0, 0.05) is 30.1 Å². The van der Waals surface area contributed by atoms with Crippen LogP contribution in [0.1, 0.15) is 12.1 Å². The normalized spacial score (nSPS) is 20.0. The van der Waals surface area contributed by atoms with Gasteiger partial charge in [0.05, 0.1) is 18.0 Å². The van der Waals surface area contributed by atoms with Gasteiger partial charge in [-0.2, -0.15) is 8.42 Å². The highest BCUT2D eigenvalue weighted by Crippen LogP contribution is 2.22. The third kappa shape index (κ3) is 4.14. The van der Waals surface area contributed by atoms with E-state index < -0.39 is 21.9 Å². The zero-order chi connectivity index (χ0) is 14.0. The zero-order valence-corrected chi connectivity index (χ0v) is 11.5. The van der Waals surface area contributed by atoms with Gasteiger partial charge < -0.3 is 4.90 Å². The van der Waals surface area contributed by atoms with Crippen molar-refractivity contribution < 1.29 is 17.1 Å². The summed E-state index contributed by atoms with van der Waals surface area (Å²) in [5.41, 5.74) is 0.615. The van der Waals surface area contributed by atoms with Crippen LogP contribution in [0.4, 0.5) is 3.89 Å². The number of halogens is 2. The first-order valence-electron chi connectivity index (χ1n) is 5.64. The van der Waals surface area contributed by atoms with Crippen LogP contribution >= 0.6 is 11.6 Å². The first kappa shape index (κ1) is 14.2. The van der Waals surface area contributed by atoms with Crippen molar-refractivity contribution in [1.82, 2.24) is 9.88 Å². The number of carbonyl (C=O) groups is 1. The van der Waals surface area contributed by atoms with Gasteiger partial charge in [0.15, 0.2) is 0 Å². The molecule has 104 valence electrons. The van der Waals surface area contributed by atoms with E-state index in [9.17, 15) is 17.1 Å². The predicted octanol–water partition coefficient (Wildman–Crippen LogP) is 1.38. The van der Waals surface area contributed by atoms with Crippen molar-refractivity contribution in [2.75, 3.05) is 12.3 Å². The summed E-state index contributed by atoms with van der Waals surface area (Å²) < 4.78 is 33.7. The maximum absolute atomic E-state index is 12.6. The van der Waals surface area contributed by atoms with Gasteiger partial charge in [-0.1, -0.05) is 11.6 Å². The van der Waals surface area contributed by atoms with Gasteiger partial charge in [-0.3, -0.25) is 9.78 Å². The van der Waals surface area contributed by atoms with Crippen molar-refractivity contribution in [3.05, 3.63) is 29.0 Å². The average molecular weight is 307 g/mol. The highest BCUT2D eigenvalue weighted by molar-refractivity contribution is 7.86. The molecule has 1 aromatic rings. The number of hydrogen-bond acceptors (Lipinski definition) is 4. The minimum atomic E-state index is -4.55. The molecule has 0 spiro atoms. The molecule has 0 radical (unpaired) electrons. The van der Waals surface area contributed by atoms with Crippen molar-refractivity contribution in [3.8, 4) is 0 Å². The van der Waals surface area contributed by atoms with Gasteiger partial charge in [-0.05, 0) is 12.1 Å². The largest absolute Gasteiger partial charge is 0.336 e. The van der Waals surface area contributed by atoms with Crippen LogP contribution in [0.15, 0.2) is 18.3 Å². The van der Waals surface area contributed by atoms with Crippen molar-refractivity contribution in [1.29, 1.82) is 0 Å². The molecule has 19 heavy (non-hydrogen) atoms. The molecule has 0 bridgehead atoms. The molecule has 0 aliphatic carbocycles. The smallest absolute Gasteiger partial charge is 0.302 e. The molecule has 0 saturated carbocycles. The molecule has 0 N–H and O–H groups in total. The lowest BCUT2D eigenvalue weighted by Crippen LogP contribution is -2.25. The van der Waals surface area contributed by atoms with Crippen LogP contribution in [0.3, 0.4) is 0 Å². The lowest BCUT2D eigenvalue weighted by atomic mass is 10.1. The summed E-state index contributed by atoms with van der Waals surface area (Å²) in [7, 11) is -4.55. The van der Waals surface area contributed by atoms with Crippen LogP contribution in [0.5, 0.6) is 0 Å². The number of hydrogen-bond donors (Lipinski definition) is 0. The molecule has 1 aliphatic heterocycles. The standard InChI is InChI=1S/C11H12ClFN2O3S/c12-9-1-2-14-10(4-9)6-15-5-8(3-11(15)16)7-19(13,17)18/h1-2,4,8H,3,5-7H2. The monoisotopic (exact) mass is 306 g/mol. The van der Waals surface area contributed by atoms with Crippen molar-refractivity contribution in [2.45, 2.75) is 13.0 Å². The molecule has 8 heteroatoms. The molecule has 1 aliphatic rings. The summed E-state index contributed by atoms with van der Waals surface area (Å²) in [5.74, 6) is -1.31. The Morgan fingerprint density at radius 3 is 2.89 bits per heavy atom. The Morgan fingerprint density at radius 2 is 2.26 bits per heavy atom. The Labute approximate surface area is 115 Å². The molecule has 1 atom stereocenters. The molecule has 1 aromatic heterocycles. The zero-order valence-electron chi connectivity index (χ0n) is 9.92. The Balaban J connectivity index is 2.01. The SMILES string of the molecule is O=C1CC(CS(=O)(=O)F)CN1Cc1cc(Cl)ccn1. The maximum Gasteiger partial charge on any atom is 0.302 e. The molecular formula is C11H12ClFN2O3S. The molecule has 1 fully saturated rings. The number of carbonyl (C=O) groups excluding carboxylic acids is 1. The van der Waals surface area contributed by atoms with Gasteiger partial charge in [-0.15, -0.1) is 3.89 Å². The summed E-state index contributed by atoms with van der Waals surface area (Å²) >= 11 is 5.81. The van der Waals surface area contributed by atoms with Crippen LogP contribution in [0, 0.1) is 5.92 Å². The highest BCUT2D eigenvalue weighted by atomic mass is 35.5. The van der Waals surface area contributed by atoms with Crippen LogP contribution in [-0.4, -0.2) is 36.5 Å². The average Bonchev–Trinajstić information content (AvgIpc) is 2.56. The lowest BCUT2D eigenvalue weighted by Gasteiger charge is -2.15. The minimum Gasteiger partial charge on any atom is -0.336 e. The maximum atomic E-state index is 12.6. The first-order chi connectivity index (χ1) is 8.83. The van der Waals surface area contributed by atoms with E-state index in [1.54, 1.807) is 12.1 Å². The summed E-state index contributed by atoms with van der Waals surface area (Å²) in [5, 5.41) is 0.513. The molecule has 1 saturated heterocycles. The fourth-order valence-electron chi connectivity index (χ4n) is 2.13. The Morgan fingerprint density at radius 1 is 1.53 bits per heavy atom. The van der Waals surface area contributed by atoms with Crippen molar-refractivity contribution >= 4 is 27.7 Å². The third-order valence-electron chi connectivity index (χ3n) is 2.86. The number of amides is 1. The fourth-order valence-corrected chi connectivity index (χ4v) is 3.10. The van der Waals surface area contributed by atoms with E-state index in [2.05, 4.69) is 4.98 Å². The summed E-state index contributed by atoms with van der Waals surface area (Å²) in [4.78, 5) is 17.2.